The predicted octanol–water partition coefficient (Wildman–Crippen LogP) is 4.22. The number of benzene rings is 1. The van der Waals surface area contributed by atoms with Crippen molar-refractivity contribution in [3.63, 3.8) is 0 Å². The first-order valence-corrected chi connectivity index (χ1v) is 5.90. The summed E-state index contributed by atoms with van der Waals surface area (Å²) < 4.78 is 2.26. The maximum absolute atomic E-state index is 2.26. The average molecular weight is 221 g/mol. The zero-order valence-corrected chi connectivity index (χ0v) is 10.1. The van der Waals surface area contributed by atoms with Crippen molar-refractivity contribution >= 4 is 5.52 Å². The van der Waals surface area contributed by atoms with Gasteiger partial charge in [-0.15, -0.1) is 0 Å². The number of nitrogens with zero attached hydrogens (tertiary/aromatic N) is 1. The number of rotatable bonds is 1. The van der Waals surface area contributed by atoms with Crippen LogP contribution in [0.1, 0.15) is 11.3 Å². The minimum atomic E-state index is 1.30. The van der Waals surface area contributed by atoms with Crippen LogP contribution in [0, 0.1) is 13.8 Å². The van der Waals surface area contributed by atoms with E-state index in [-0.39, 0.29) is 0 Å². The quantitative estimate of drug-likeness (QED) is 0.579. The fraction of sp³-hybridized carbons (Fsp3) is 0.125. The average Bonchev–Trinajstić information content (AvgIpc) is 2.64. The largest absolute Gasteiger partial charge is 0.320 e. The first-order valence-electron chi connectivity index (χ1n) is 5.90. The molecule has 0 radical (unpaired) electrons. The lowest BCUT2D eigenvalue weighted by atomic mass is 10.0. The summed E-state index contributed by atoms with van der Waals surface area (Å²) in [7, 11) is 0. The van der Waals surface area contributed by atoms with Crippen LogP contribution in [0.3, 0.4) is 0 Å². The second kappa shape index (κ2) is 3.77. The molecule has 84 valence electrons. The highest BCUT2D eigenvalue weighted by Gasteiger charge is 2.12. The molecule has 2 heterocycles. The van der Waals surface area contributed by atoms with E-state index in [9.17, 15) is 0 Å². The Hall–Kier alpha value is -2.02. The summed E-state index contributed by atoms with van der Waals surface area (Å²) in [6.45, 7) is 4.38. The minimum absolute atomic E-state index is 1.30. The van der Waals surface area contributed by atoms with Crippen molar-refractivity contribution in [2.45, 2.75) is 13.8 Å². The van der Waals surface area contributed by atoms with Crippen LogP contribution in [0.4, 0.5) is 0 Å². The molecule has 3 rings (SSSR count). The van der Waals surface area contributed by atoms with Crippen LogP contribution < -0.4 is 0 Å². The van der Waals surface area contributed by atoms with Crippen molar-refractivity contribution in [2.75, 3.05) is 0 Å². The molecule has 0 aliphatic carbocycles. The van der Waals surface area contributed by atoms with Crippen molar-refractivity contribution in [1.82, 2.24) is 4.40 Å². The monoisotopic (exact) mass is 221 g/mol. The molecule has 1 heteroatoms. The van der Waals surface area contributed by atoms with E-state index >= 15 is 0 Å². The van der Waals surface area contributed by atoms with Gasteiger partial charge in [0.1, 0.15) is 0 Å². The van der Waals surface area contributed by atoms with Crippen molar-refractivity contribution in [3.05, 3.63) is 66.0 Å². The van der Waals surface area contributed by atoms with E-state index in [1.165, 1.54) is 27.9 Å². The van der Waals surface area contributed by atoms with Gasteiger partial charge in [0.05, 0.1) is 0 Å². The maximum Gasteiger partial charge on any atom is 0.0488 e. The number of aromatic nitrogens is 1. The van der Waals surface area contributed by atoms with Gasteiger partial charge in [0.2, 0.25) is 0 Å². The zero-order chi connectivity index (χ0) is 11.8. The van der Waals surface area contributed by atoms with E-state index in [0.717, 1.165) is 0 Å². The van der Waals surface area contributed by atoms with Crippen LogP contribution >= 0.6 is 0 Å². The van der Waals surface area contributed by atoms with Crippen molar-refractivity contribution in [2.24, 2.45) is 0 Å². The zero-order valence-electron chi connectivity index (χ0n) is 10.1. The molecular formula is C16H15N. The molecule has 17 heavy (non-hydrogen) atoms. The Labute approximate surface area is 101 Å². The van der Waals surface area contributed by atoms with Gasteiger partial charge in [0, 0.05) is 23.0 Å². The van der Waals surface area contributed by atoms with E-state index in [4.69, 9.17) is 0 Å². The van der Waals surface area contributed by atoms with E-state index in [2.05, 4.69) is 73.0 Å². The Kier molecular flexibility index (Phi) is 2.25. The summed E-state index contributed by atoms with van der Waals surface area (Å²) >= 11 is 0. The topological polar surface area (TPSA) is 4.41 Å². The van der Waals surface area contributed by atoms with Crippen LogP contribution in [0.2, 0.25) is 0 Å². The molecular weight excluding hydrogens is 206 g/mol. The van der Waals surface area contributed by atoms with Gasteiger partial charge in [-0.2, -0.15) is 0 Å². The lowest BCUT2D eigenvalue weighted by molar-refractivity contribution is 1.11. The van der Waals surface area contributed by atoms with Gasteiger partial charge in [-0.1, -0.05) is 36.4 Å². The molecule has 2 aromatic heterocycles. The lowest BCUT2D eigenvalue weighted by Gasteiger charge is -2.02. The lowest BCUT2D eigenvalue weighted by Crippen LogP contribution is -1.85. The third-order valence-corrected chi connectivity index (χ3v) is 3.40. The Balaban J connectivity index is 2.38. The van der Waals surface area contributed by atoms with Crippen LogP contribution in [-0.2, 0) is 0 Å². The Morgan fingerprint density at radius 3 is 2.24 bits per heavy atom. The summed E-state index contributed by atoms with van der Waals surface area (Å²) in [4.78, 5) is 0. The molecule has 0 fully saturated rings. The smallest absolute Gasteiger partial charge is 0.0488 e. The summed E-state index contributed by atoms with van der Waals surface area (Å²) in [5, 5.41) is 0. The normalized spacial score (nSPS) is 10.9. The number of fused-ring (bicyclic) bond motifs is 1. The van der Waals surface area contributed by atoms with Gasteiger partial charge in [0.15, 0.2) is 0 Å². The minimum Gasteiger partial charge on any atom is -0.320 e. The molecule has 0 amide bonds. The Bertz CT molecular complexity index is 624. The molecule has 1 aromatic carbocycles. The second-order valence-electron chi connectivity index (χ2n) is 4.41. The summed E-state index contributed by atoms with van der Waals surface area (Å²) in [5.74, 6) is 0. The molecule has 1 nitrogen and oxygen atoms in total. The molecule has 0 saturated carbocycles. The second-order valence-corrected chi connectivity index (χ2v) is 4.41. The van der Waals surface area contributed by atoms with E-state index < -0.39 is 0 Å². The fourth-order valence-electron chi connectivity index (χ4n) is 2.59. The first kappa shape index (κ1) is 10.2. The highest BCUT2D eigenvalue weighted by Crippen LogP contribution is 2.31. The molecule has 3 aromatic rings. The molecule has 0 N–H and O–H groups in total. The highest BCUT2D eigenvalue weighted by atomic mass is 14.9. The molecule has 0 bridgehead atoms. The number of aryl methyl sites for hydroxylation is 2. The fourth-order valence-corrected chi connectivity index (χ4v) is 2.59. The van der Waals surface area contributed by atoms with Gasteiger partial charge in [0.25, 0.3) is 0 Å². The standard InChI is InChI=1S/C16H15N/c1-12-15-10-6-7-11-17(15)13(2)16(12)14-8-4-3-5-9-14/h3-11H,1-2H3. The molecule has 0 aliphatic rings. The molecule has 0 spiro atoms. The first-order chi connectivity index (χ1) is 8.29. The Morgan fingerprint density at radius 1 is 0.824 bits per heavy atom. The van der Waals surface area contributed by atoms with Gasteiger partial charge in [-0.05, 0) is 37.1 Å². The molecule has 0 unspecified atom stereocenters. The molecule has 0 aliphatic heterocycles. The van der Waals surface area contributed by atoms with Gasteiger partial charge in [-0.25, -0.2) is 0 Å². The third kappa shape index (κ3) is 1.47. The number of hydrogen-bond donors (Lipinski definition) is 0. The van der Waals surface area contributed by atoms with Crippen LogP contribution in [-0.4, -0.2) is 4.40 Å². The number of hydrogen-bond acceptors (Lipinski definition) is 0. The Morgan fingerprint density at radius 2 is 1.53 bits per heavy atom. The van der Waals surface area contributed by atoms with Crippen LogP contribution in [0.5, 0.6) is 0 Å². The molecule has 0 saturated heterocycles. The van der Waals surface area contributed by atoms with Gasteiger partial charge < -0.3 is 4.40 Å². The van der Waals surface area contributed by atoms with E-state index in [0.29, 0.717) is 0 Å². The molecule has 0 atom stereocenters. The maximum atomic E-state index is 2.26. The van der Waals surface area contributed by atoms with Crippen molar-refractivity contribution in [1.29, 1.82) is 0 Å². The predicted molar refractivity (Wildman–Crippen MR) is 72.3 cm³/mol. The van der Waals surface area contributed by atoms with E-state index in [1.807, 2.05) is 0 Å². The van der Waals surface area contributed by atoms with Crippen LogP contribution in [0.25, 0.3) is 16.6 Å². The van der Waals surface area contributed by atoms with Gasteiger partial charge in [-0.3, -0.25) is 0 Å². The summed E-state index contributed by atoms with van der Waals surface area (Å²) in [6, 6.07) is 16.9. The van der Waals surface area contributed by atoms with E-state index in [1.54, 1.807) is 0 Å². The van der Waals surface area contributed by atoms with Gasteiger partial charge >= 0.3 is 0 Å². The van der Waals surface area contributed by atoms with Crippen molar-refractivity contribution in [3.8, 4) is 11.1 Å². The number of pyridine rings is 1. The summed E-state index contributed by atoms with van der Waals surface area (Å²) in [5.41, 5.74) is 6.62. The van der Waals surface area contributed by atoms with Crippen LogP contribution in [0.15, 0.2) is 54.7 Å². The van der Waals surface area contributed by atoms with Crippen molar-refractivity contribution < 1.29 is 0 Å². The SMILES string of the molecule is Cc1c(-c2ccccc2)c(C)n2ccccc12. The highest BCUT2D eigenvalue weighted by molar-refractivity contribution is 5.79. The third-order valence-electron chi connectivity index (χ3n) is 3.40. The summed E-state index contributed by atoms with van der Waals surface area (Å²) in [6.07, 6.45) is 2.13.